The van der Waals surface area contributed by atoms with Gasteiger partial charge in [0.2, 0.25) is 0 Å². The summed E-state index contributed by atoms with van der Waals surface area (Å²) < 4.78 is 12.9. The summed E-state index contributed by atoms with van der Waals surface area (Å²) in [5, 5.41) is 0.651. The van der Waals surface area contributed by atoms with Gasteiger partial charge in [-0.25, -0.2) is 9.82 Å². The van der Waals surface area contributed by atoms with Crippen LogP contribution >= 0.6 is 11.6 Å². The Hall–Kier alpha value is -1.42. The van der Waals surface area contributed by atoms with Gasteiger partial charge in [0.05, 0.1) is 6.04 Å². The maximum absolute atomic E-state index is 12.9. The molecule has 2 rings (SSSR count). The largest absolute Gasteiger partial charge is 0.271 e. The number of nitrogens with two attached hydrogens (primary N) is 1. The monoisotopic (exact) mass is 264 g/mol. The molecule has 2 aromatic rings. The van der Waals surface area contributed by atoms with Crippen molar-refractivity contribution in [2.45, 2.75) is 13.0 Å². The van der Waals surface area contributed by atoms with Crippen molar-refractivity contribution in [2.75, 3.05) is 0 Å². The number of aryl methyl sites for hydroxylation is 1. The summed E-state index contributed by atoms with van der Waals surface area (Å²) in [7, 11) is 0. The van der Waals surface area contributed by atoms with Crippen LogP contribution in [0.15, 0.2) is 42.5 Å². The second-order valence-electron chi connectivity index (χ2n) is 4.15. The first-order valence-corrected chi connectivity index (χ1v) is 5.97. The highest BCUT2D eigenvalue weighted by Crippen LogP contribution is 2.26. The average Bonchev–Trinajstić information content (AvgIpc) is 2.37. The van der Waals surface area contributed by atoms with Gasteiger partial charge in [-0.05, 0) is 47.9 Å². The number of hydrogen-bond acceptors (Lipinski definition) is 2. The van der Waals surface area contributed by atoms with Crippen molar-refractivity contribution < 1.29 is 4.39 Å². The molecule has 0 aliphatic carbocycles. The summed E-state index contributed by atoms with van der Waals surface area (Å²) in [6.45, 7) is 1.99. The molecule has 0 radical (unpaired) electrons. The molecule has 0 amide bonds. The summed E-state index contributed by atoms with van der Waals surface area (Å²) in [4.78, 5) is 0. The van der Waals surface area contributed by atoms with Gasteiger partial charge in [0.15, 0.2) is 0 Å². The van der Waals surface area contributed by atoms with E-state index in [1.165, 1.54) is 12.1 Å². The molecular formula is C14H14ClFN2. The van der Waals surface area contributed by atoms with E-state index in [-0.39, 0.29) is 11.9 Å². The Bertz CT molecular complexity index is 540. The molecule has 0 aromatic heterocycles. The first-order valence-electron chi connectivity index (χ1n) is 5.59. The van der Waals surface area contributed by atoms with Crippen molar-refractivity contribution in [3.63, 3.8) is 0 Å². The number of nitrogens with one attached hydrogen (secondary N) is 1. The maximum Gasteiger partial charge on any atom is 0.123 e. The van der Waals surface area contributed by atoms with Crippen LogP contribution in [0.25, 0.3) is 0 Å². The third kappa shape index (κ3) is 2.70. The highest BCUT2D eigenvalue weighted by atomic mass is 35.5. The van der Waals surface area contributed by atoms with E-state index in [9.17, 15) is 4.39 Å². The smallest absolute Gasteiger partial charge is 0.123 e. The first-order chi connectivity index (χ1) is 8.61. The van der Waals surface area contributed by atoms with Crippen molar-refractivity contribution >= 4 is 11.6 Å². The number of hydrogen-bond donors (Lipinski definition) is 2. The lowest BCUT2D eigenvalue weighted by atomic mass is 9.95. The predicted octanol–water partition coefficient (Wildman–Crippen LogP) is 3.34. The highest BCUT2D eigenvalue weighted by Gasteiger charge is 2.15. The molecule has 0 saturated heterocycles. The molecule has 18 heavy (non-hydrogen) atoms. The predicted molar refractivity (Wildman–Crippen MR) is 71.8 cm³/mol. The Morgan fingerprint density at radius 1 is 1.17 bits per heavy atom. The Kier molecular flexibility index (Phi) is 3.97. The fraction of sp³-hybridized carbons (Fsp3) is 0.143. The molecule has 1 unspecified atom stereocenters. The number of rotatable bonds is 3. The SMILES string of the molecule is Cc1ccc(Cl)cc1C(NN)c1ccc(F)cc1. The van der Waals surface area contributed by atoms with Crippen LogP contribution in [0, 0.1) is 12.7 Å². The van der Waals surface area contributed by atoms with Crippen LogP contribution in [0.5, 0.6) is 0 Å². The Morgan fingerprint density at radius 3 is 2.44 bits per heavy atom. The third-order valence-electron chi connectivity index (χ3n) is 2.92. The summed E-state index contributed by atoms with van der Waals surface area (Å²) >= 11 is 6.00. The van der Waals surface area contributed by atoms with Crippen molar-refractivity contribution in [3.05, 3.63) is 70.0 Å². The third-order valence-corrected chi connectivity index (χ3v) is 3.16. The highest BCUT2D eigenvalue weighted by molar-refractivity contribution is 6.30. The minimum Gasteiger partial charge on any atom is -0.271 e. The van der Waals surface area contributed by atoms with Crippen LogP contribution < -0.4 is 11.3 Å². The van der Waals surface area contributed by atoms with Gasteiger partial charge >= 0.3 is 0 Å². The van der Waals surface area contributed by atoms with Crippen molar-refractivity contribution in [2.24, 2.45) is 5.84 Å². The lowest BCUT2D eigenvalue weighted by molar-refractivity contribution is 0.614. The first kappa shape index (κ1) is 13.0. The van der Waals surface area contributed by atoms with E-state index in [2.05, 4.69) is 5.43 Å². The van der Waals surface area contributed by atoms with Crippen LogP contribution in [0.4, 0.5) is 4.39 Å². The van der Waals surface area contributed by atoms with Crippen molar-refractivity contribution in [1.29, 1.82) is 0 Å². The fourth-order valence-corrected chi connectivity index (χ4v) is 2.12. The van der Waals surface area contributed by atoms with Crippen LogP contribution in [-0.2, 0) is 0 Å². The van der Waals surface area contributed by atoms with Gasteiger partial charge < -0.3 is 0 Å². The lowest BCUT2D eigenvalue weighted by Gasteiger charge is -2.19. The van der Waals surface area contributed by atoms with Crippen LogP contribution in [0.3, 0.4) is 0 Å². The Labute approximate surface area is 111 Å². The Balaban J connectivity index is 2.44. The molecule has 0 heterocycles. The molecule has 0 bridgehead atoms. The Morgan fingerprint density at radius 2 is 1.83 bits per heavy atom. The summed E-state index contributed by atoms with van der Waals surface area (Å²) in [6, 6.07) is 11.7. The molecule has 2 aromatic carbocycles. The molecule has 0 aliphatic heterocycles. The van der Waals surface area contributed by atoms with Crippen molar-refractivity contribution in [3.8, 4) is 0 Å². The fourth-order valence-electron chi connectivity index (χ4n) is 1.94. The average molecular weight is 265 g/mol. The molecule has 4 heteroatoms. The van der Waals surface area contributed by atoms with E-state index in [4.69, 9.17) is 17.4 Å². The zero-order valence-electron chi connectivity index (χ0n) is 9.95. The second kappa shape index (κ2) is 5.48. The normalized spacial score (nSPS) is 12.4. The molecule has 1 atom stereocenters. The second-order valence-corrected chi connectivity index (χ2v) is 4.59. The van der Waals surface area contributed by atoms with E-state index in [0.717, 1.165) is 16.7 Å². The van der Waals surface area contributed by atoms with Gasteiger partial charge in [-0.15, -0.1) is 0 Å². The minimum atomic E-state index is -0.266. The molecule has 0 spiro atoms. The van der Waals surface area contributed by atoms with Gasteiger partial charge in [-0.2, -0.15) is 0 Å². The van der Waals surface area contributed by atoms with E-state index >= 15 is 0 Å². The number of hydrazine groups is 1. The minimum absolute atomic E-state index is 0.204. The van der Waals surface area contributed by atoms with Crippen LogP contribution in [0.1, 0.15) is 22.7 Å². The summed E-state index contributed by atoms with van der Waals surface area (Å²) in [5.41, 5.74) is 5.69. The van der Waals surface area contributed by atoms with Crippen molar-refractivity contribution in [1.82, 2.24) is 5.43 Å². The van der Waals surface area contributed by atoms with Gasteiger partial charge in [-0.1, -0.05) is 29.8 Å². The van der Waals surface area contributed by atoms with E-state index < -0.39 is 0 Å². The number of halogens is 2. The van der Waals surface area contributed by atoms with Gasteiger partial charge in [0, 0.05) is 5.02 Å². The molecule has 3 N–H and O–H groups in total. The quantitative estimate of drug-likeness (QED) is 0.659. The standard InChI is InChI=1S/C14H14ClFN2/c1-9-2-5-11(15)8-13(9)14(18-17)10-3-6-12(16)7-4-10/h2-8,14,18H,17H2,1H3. The number of benzene rings is 2. The van der Waals surface area contributed by atoms with E-state index in [1.54, 1.807) is 12.1 Å². The van der Waals surface area contributed by atoms with E-state index in [1.807, 2.05) is 25.1 Å². The zero-order chi connectivity index (χ0) is 13.1. The molecule has 0 fully saturated rings. The van der Waals surface area contributed by atoms with Crippen LogP contribution in [-0.4, -0.2) is 0 Å². The molecule has 94 valence electrons. The summed E-state index contributed by atoms with van der Waals surface area (Å²) in [6.07, 6.45) is 0. The maximum atomic E-state index is 12.9. The van der Waals surface area contributed by atoms with Gasteiger partial charge in [0.25, 0.3) is 0 Å². The van der Waals surface area contributed by atoms with Gasteiger partial charge in [0.1, 0.15) is 5.82 Å². The van der Waals surface area contributed by atoms with E-state index in [0.29, 0.717) is 5.02 Å². The molecule has 0 saturated carbocycles. The summed E-state index contributed by atoms with van der Waals surface area (Å²) in [5.74, 6) is 5.34. The molecule has 2 nitrogen and oxygen atoms in total. The molecular weight excluding hydrogens is 251 g/mol. The van der Waals surface area contributed by atoms with Gasteiger partial charge in [-0.3, -0.25) is 5.84 Å². The van der Waals surface area contributed by atoms with Crippen LogP contribution in [0.2, 0.25) is 5.02 Å². The topological polar surface area (TPSA) is 38.0 Å². The zero-order valence-corrected chi connectivity index (χ0v) is 10.7. The molecule has 0 aliphatic rings. The lowest BCUT2D eigenvalue weighted by Crippen LogP contribution is -2.29.